The number of carbonyl (C=O) groups excluding carboxylic acids is 3. The highest BCUT2D eigenvalue weighted by atomic mass is 16.4. The lowest BCUT2D eigenvalue weighted by Gasteiger charge is -2.32. The number of aliphatic carboxylic acids is 1. The van der Waals surface area contributed by atoms with Gasteiger partial charge in [0.1, 0.15) is 18.1 Å². The highest BCUT2D eigenvalue weighted by molar-refractivity contribution is 5.95. The molecule has 5 rings (SSSR count). The minimum absolute atomic E-state index is 0.0463. The Hall–Kier alpha value is -4.24. The van der Waals surface area contributed by atoms with Crippen LogP contribution in [0.4, 0.5) is 0 Å². The number of nitrogens with zero attached hydrogens (tertiary/aromatic N) is 2. The first-order chi connectivity index (χ1) is 20.3. The van der Waals surface area contributed by atoms with Crippen molar-refractivity contribution in [3.05, 3.63) is 83.9 Å². The van der Waals surface area contributed by atoms with Crippen LogP contribution >= 0.6 is 0 Å². The van der Waals surface area contributed by atoms with E-state index in [-0.39, 0.29) is 30.6 Å². The summed E-state index contributed by atoms with van der Waals surface area (Å²) >= 11 is 0. The zero-order valence-corrected chi connectivity index (χ0v) is 23.7. The number of hydrogen-bond acceptors (Lipinski definition) is 5. The third kappa shape index (κ3) is 6.62. The molecule has 3 aromatic rings. The van der Waals surface area contributed by atoms with Crippen molar-refractivity contribution >= 4 is 34.5 Å². The summed E-state index contributed by atoms with van der Waals surface area (Å²) in [6, 6.07) is 20.5. The van der Waals surface area contributed by atoms with Crippen LogP contribution in [0, 0.1) is 0 Å². The lowest BCUT2D eigenvalue weighted by Crippen LogP contribution is -2.56. The number of fused-ring (bicyclic) bond motifs is 1. The molecule has 0 saturated carbocycles. The first-order valence-electron chi connectivity index (χ1n) is 14.7. The van der Waals surface area contributed by atoms with E-state index in [4.69, 9.17) is 5.73 Å². The van der Waals surface area contributed by atoms with E-state index in [9.17, 15) is 24.3 Å². The molecule has 0 radical (unpaired) electrons. The molecule has 4 unspecified atom stereocenters. The van der Waals surface area contributed by atoms with Gasteiger partial charge in [-0.15, -0.1) is 0 Å². The molecule has 4 N–H and O–H groups in total. The van der Waals surface area contributed by atoms with E-state index in [0.29, 0.717) is 45.2 Å². The molecule has 0 bridgehead atoms. The Bertz CT molecular complexity index is 1440. The van der Waals surface area contributed by atoms with Gasteiger partial charge in [-0.3, -0.25) is 14.4 Å². The summed E-state index contributed by atoms with van der Waals surface area (Å²) in [6.07, 6.45) is 2.94. The number of benzene rings is 3. The summed E-state index contributed by atoms with van der Waals surface area (Å²) in [5.74, 6) is -2.02. The molecule has 0 spiro atoms. The SMILES string of the molecule is NC(CC(=O)NC(Cc1cccc2ccccc12)C(=O)N1CCCC1C(=O)N1CCCC1C(=O)O)Cc1ccccc1. The number of nitrogens with one attached hydrogen (secondary N) is 1. The van der Waals surface area contributed by atoms with Crippen LogP contribution in [-0.4, -0.2) is 75.9 Å². The van der Waals surface area contributed by atoms with E-state index in [1.807, 2.05) is 72.8 Å². The van der Waals surface area contributed by atoms with E-state index >= 15 is 0 Å². The van der Waals surface area contributed by atoms with Crippen LogP contribution in [0.15, 0.2) is 72.8 Å². The van der Waals surface area contributed by atoms with Gasteiger partial charge in [-0.05, 0) is 54.0 Å². The molecule has 9 nitrogen and oxygen atoms in total. The normalized spacial score (nSPS) is 19.9. The molecule has 2 heterocycles. The van der Waals surface area contributed by atoms with Crippen LogP contribution < -0.4 is 11.1 Å². The maximum atomic E-state index is 14.1. The number of rotatable bonds is 10. The summed E-state index contributed by atoms with van der Waals surface area (Å²) in [7, 11) is 0. The van der Waals surface area contributed by atoms with Gasteiger partial charge >= 0.3 is 5.97 Å². The molecule has 2 aliphatic heterocycles. The number of nitrogens with two attached hydrogens (primary N) is 1. The van der Waals surface area contributed by atoms with Crippen LogP contribution in [-0.2, 0) is 32.0 Å². The molecule has 3 aromatic carbocycles. The minimum Gasteiger partial charge on any atom is -0.480 e. The van der Waals surface area contributed by atoms with Crippen molar-refractivity contribution in [1.82, 2.24) is 15.1 Å². The first-order valence-corrected chi connectivity index (χ1v) is 14.7. The van der Waals surface area contributed by atoms with Crippen LogP contribution in [0.5, 0.6) is 0 Å². The minimum atomic E-state index is -1.02. The summed E-state index contributed by atoms with van der Waals surface area (Å²) in [4.78, 5) is 55.6. The van der Waals surface area contributed by atoms with E-state index in [1.54, 1.807) is 4.90 Å². The molecule has 3 amide bonds. The van der Waals surface area contributed by atoms with Crippen molar-refractivity contribution in [2.24, 2.45) is 5.73 Å². The number of carbonyl (C=O) groups is 4. The van der Waals surface area contributed by atoms with Gasteiger partial charge in [-0.1, -0.05) is 72.8 Å². The monoisotopic (exact) mass is 570 g/mol. The Balaban J connectivity index is 1.36. The third-order valence-electron chi connectivity index (χ3n) is 8.37. The van der Waals surface area contributed by atoms with Crippen molar-refractivity contribution in [1.29, 1.82) is 0 Å². The molecular formula is C33H38N4O5. The smallest absolute Gasteiger partial charge is 0.326 e. The maximum absolute atomic E-state index is 14.1. The average molecular weight is 571 g/mol. The van der Waals surface area contributed by atoms with Gasteiger partial charge in [-0.25, -0.2) is 4.79 Å². The highest BCUT2D eigenvalue weighted by Gasteiger charge is 2.43. The van der Waals surface area contributed by atoms with Gasteiger partial charge in [0.15, 0.2) is 0 Å². The second kappa shape index (κ2) is 13.2. The van der Waals surface area contributed by atoms with Gasteiger partial charge in [0.25, 0.3) is 0 Å². The van der Waals surface area contributed by atoms with Crippen LogP contribution in [0.2, 0.25) is 0 Å². The molecule has 2 fully saturated rings. The largest absolute Gasteiger partial charge is 0.480 e. The van der Waals surface area contributed by atoms with Gasteiger partial charge in [0.2, 0.25) is 17.7 Å². The summed E-state index contributed by atoms with van der Waals surface area (Å²) < 4.78 is 0. The Labute approximate surface area is 245 Å². The fourth-order valence-corrected chi connectivity index (χ4v) is 6.34. The van der Waals surface area contributed by atoms with Gasteiger partial charge in [-0.2, -0.15) is 0 Å². The molecule has 2 saturated heterocycles. The fraction of sp³-hybridized carbons (Fsp3) is 0.394. The van der Waals surface area contributed by atoms with E-state index in [0.717, 1.165) is 21.9 Å². The molecule has 220 valence electrons. The highest BCUT2D eigenvalue weighted by Crippen LogP contribution is 2.27. The second-order valence-electron chi connectivity index (χ2n) is 11.3. The van der Waals surface area contributed by atoms with Gasteiger partial charge in [0.05, 0.1) is 0 Å². The maximum Gasteiger partial charge on any atom is 0.326 e. The molecule has 0 aliphatic carbocycles. The zero-order chi connectivity index (χ0) is 29.6. The molecule has 2 aliphatic rings. The Morgan fingerprint density at radius 3 is 2.26 bits per heavy atom. The van der Waals surface area contributed by atoms with E-state index < -0.39 is 30.1 Å². The third-order valence-corrected chi connectivity index (χ3v) is 8.37. The van der Waals surface area contributed by atoms with Gasteiger partial charge in [0, 0.05) is 32.0 Å². The van der Waals surface area contributed by atoms with Crippen LogP contribution in [0.1, 0.15) is 43.2 Å². The predicted octanol–water partition coefficient (Wildman–Crippen LogP) is 2.89. The molecule has 42 heavy (non-hydrogen) atoms. The fourth-order valence-electron chi connectivity index (χ4n) is 6.34. The molecular weight excluding hydrogens is 532 g/mol. The molecule has 9 heteroatoms. The predicted molar refractivity (Wildman–Crippen MR) is 159 cm³/mol. The lowest BCUT2D eigenvalue weighted by molar-refractivity contribution is -0.152. The Morgan fingerprint density at radius 2 is 1.50 bits per heavy atom. The average Bonchev–Trinajstić information content (AvgIpc) is 3.67. The summed E-state index contributed by atoms with van der Waals surface area (Å²) in [5, 5.41) is 14.6. The van der Waals surface area contributed by atoms with Crippen LogP contribution in [0.3, 0.4) is 0 Å². The number of likely N-dealkylation sites (tertiary alicyclic amines) is 2. The van der Waals surface area contributed by atoms with Crippen molar-refractivity contribution in [3.63, 3.8) is 0 Å². The van der Waals surface area contributed by atoms with Crippen LogP contribution in [0.25, 0.3) is 10.8 Å². The summed E-state index contributed by atoms with van der Waals surface area (Å²) in [5.41, 5.74) is 8.26. The standard InChI is InChI=1S/C33H38N4O5/c34-25(19-22-9-2-1-3-10-22)21-30(38)35-27(20-24-13-6-12-23-11-4-5-14-26(23)24)31(39)36-17-7-15-28(36)32(40)37-18-8-16-29(37)33(41)42/h1-6,9-14,25,27-29H,7-8,15-21,34H2,(H,35,38)(H,41,42). The Morgan fingerprint density at radius 1 is 0.833 bits per heavy atom. The van der Waals surface area contributed by atoms with Crippen molar-refractivity contribution in [2.75, 3.05) is 13.1 Å². The number of carboxylic acids is 1. The quantitative estimate of drug-likeness (QED) is 0.343. The summed E-state index contributed by atoms with van der Waals surface area (Å²) in [6.45, 7) is 0.736. The number of carboxylic acid groups (broad SMARTS) is 1. The van der Waals surface area contributed by atoms with Crippen molar-refractivity contribution in [3.8, 4) is 0 Å². The van der Waals surface area contributed by atoms with E-state index in [1.165, 1.54) is 4.90 Å². The van der Waals surface area contributed by atoms with Crippen molar-refractivity contribution < 1.29 is 24.3 Å². The molecule has 4 atom stereocenters. The molecule has 0 aromatic heterocycles. The van der Waals surface area contributed by atoms with Crippen molar-refractivity contribution in [2.45, 2.75) is 69.1 Å². The first kappa shape index (κ1) is 29.3. The lowest BCUT2D eigenvalue weighted by atomic mass is 9.97. The van der Waals surface area contributed by atoms with Gasteiger partial charge < -0.3 is 26.0 Å². The second-order valence-corrected chi connectivity index (χ2v) is 11.3. The number of hydrogen-bond donors (Lipinski definition) is 3. The zero-order valence-electron chi connectivity index (χ0n) is 23.7. The topological polar surface area (TPSA) is 133 Å². The number of amides is 3. The van der Waals surface area contributed by atoms with E-state index in [2.05, 4.69) is 5.32 Å². The Kier molecular flexibility index (Phi) is 9.17.